The van der Waals surface area contributed by atoms with Gasteiger partial charge >= 0.3 is 0 Å². The van der Waals surface area contributed by atoms with Crippen LogP contribution in [0.25, 0.3) is 0 Å². The Morgan fingerprint density at radius 2 is 2.00 bits per heavy atom. The molecule has 0 spiro atoms. The minimum absolute atomic E-state index is 0.0291. The van der Waals surface area contributed by atoms with E-state index in [9.17, 15) is 9.59 Å². The van der Waals surface area contributed by atoms with E-state index in [1.54, 1.807) is 18.9 Å². The minimum Gasteiger partial charge on any atom is -0.342 e. The van der Waals surface area contributed by atoms with Crippen LogP contribution in [0.1, 0.15) is 27.7 Å². The van der Waals surface area contributed by atoms with Crippen LogP contribution in [-0.4, -0.2) is 46.4 Å². The molecule has 2 N–H and O–H groups in total. The van der Waals surface area contributed by atoms with E-state index in [-0.39, 0.29) is 27.3 Å². The van der Waals surface area contributed by atoms with Gasteiger partial charge in [0.15, 0.2) is 0 Å². The third kappa shape index (κ3) is 4.18. The third-order valence-corrected chi connectivity index (χ3v) is 4.49. The van der Waals surface area contributed by atoms with Gasteiger partial charge in [-0.15, -0.1) is 0 Å². The molecule has 114 valence electrons. The number of carbonyl (C=O) groups is 2. The topological polar surface area (TPSA) is 61.4 Å². The van der Waals surface area contributed by atoms with E-state index in [0.717, 1.165) is 0 Å². The molecule has 0 aliphatic carbocycles. The van der Waals surface area contributed by atoms with Crippen molar-refractivity contribution in [3.63, 3.8) is 0 Å². The van der Waals surface area contributed by atoms with Crippen molar-refractivity contribution in [1.29, 1.82) is 0 Å². The summed E-state index contributed by atoms with van der Waals surface area (Å²) in [5.41, 5.74) is -0.334. The van der Waals surface area contributed by atoms with E-state index in [1.807, 2.05) is 32.9 Å². The van der Waals surface area contributed by atoms with Gasteiger partial charge < -0.3 is 15.5 Å². The van der Waals surface area contributed by atoms with E-state index >= 15 is 0 Å². The van der Waals surface area contributed by atoms with Crippen molar-refractivity contribution < 1.29 is 9.59 Å². The summed E-state index contributed by atoms with van der Waals surface area (Å²) < 4.78 is 0.0589. The molecule has 6 heteroatoms. The van der Waals surface area contributed by atoms with Crippen LogP contribution in [-0.2, 0) is 9.59 Å². The Bertz CT molecular complexity index is 404. The fourth-order valence-electron chi connectivity index (χ4n) is 1.92. The standard InChI is InChI=1S/C14H24IN3O2/c1-9(16-5)12(19)17-11(14(2,3)4)13(20)18-8-6-7-10(18)15/h6-7,9-11,16H,8H2,1-5H3,(H,17,19)/t9-,10-,11?/m0/s1. The van der Waals surface area contributed by atoms with Crippen LogP contribution in [0.3, 0.4) is 0 Å². The molecular weight excluding hydrogens is 369 g/mol. The van der Waals surface area contributed by atoms with Gasteiger partial charge in [0, 0.05) is 6.54 Å². The fraction of sp³-hybridized carbons (Fsp3) is 0.714. The van der Waals surface area contributed by atoms with Crippen LogP contribution in [0.5, 0.6) is 0 Å². The fourth-order valence-corrected chi connectivity index (χ4v) is 2.71. The maximum Gasteiger partial charge on any atom is 0.247 e. The smallest absolute Gasteiger partial charge is 0.247 e. The van der Waals surface area contributed by atoms with Gasteiger partial charge in [-0.05, 0) is 19.4 Å². The van der Waals surface area contributed by atoms with Crippen molar-refractivity contribution in [2.75, 3.05) is 13.6 Å². The van der Waals surface area contributed by atoms with Gasteiger partial charge in [0.05, 0.1) is 6.04 Å². The summed E-state index contributed by atoms with van der Waals surface area (Å²) in [6.45, 7) is 8.28. The molecule has 0 radical (unpaired) electrons. The lowest BCUT2D eigenvalue weighted by atomic mass is 9.85. The summed E-state index contributed by atoms with van der Waals surface area (Å²) in [5.74, 6) is -0.184. The van der Waals surface area contributed by atoms with Crippen molar-refractivity contribution in [2.24, 2.45) is 5.41 Å². The summed E-state index contributed by atoms with van der Waals surface area (Å²) in [6, 6.07) is -0.845. The van der Waals surface area contributed by atoms with Gasteiger partial charge in [0.1, 0.15) is 10.1 Å². The van der Waals surface area contributed by atoms with E-state index in [2.05, 4.69) is 33.2 Å². The first-order chi connectivity index (χ1) is 9.18. The zero-order chi connectivity index (χ0) is 15.5. The summed E-state index contributed by atoms with van der Waals surface area (Å²) in [4.78, 5) is 26.5. The van der Waals surface area contributed by atoms with E-state index in [0.29, 0.717) is 6.54 Å². The number of nitrogens with zero attached hydrogens (tertiary/aromatic N) is 1. The van der Waals surface area contributed by atoms with Gasteiger partial charge in [-0.25, -0.2) is 0 Å². The van der Waals surface area contributed by atoms with E-state index < -0.39 is 6.04 Å². The molecule has 0 aromatic heterocycles. The molecular formula is C14H24IN3O2. The van der Waals surface area contributed by atoms with E-state index in [1.165, 1.54) is 0 Å². The summed E-state index contributed by atoms with van der Waals surface area (Å²) in [6.07, 6.45) is 3.98. The molecule has 1 rings (SSSR count). The van der Waals surface area contributed by atoms with Crippen LogP contribution in [0.15, 0.2) is 12.2 Å². The molecule has 0 aromatic rings. The minimum atomic E-state index is -0.525. The van der Waals surface area contributed by atoms with Gasteiger partial charge in [0.2, 0.25) is 11.8 Å². The van der Waals surface area contributed by atoms with Crippen LogP contribution in [0, 0.1) is 5.41 Å². The molecule has 2 amide bonds. The lowest BCUT2D eigenvalue weighted by Crippen LogP contribution is -2.57. The molecule has 0 saturated carbocycles. The van der Waals surface area contributed by atoms with Crippen molar-refractivity contribution in [1.82, 2.24) is 15.5 Å². The molecule has 1 aliphatic rings. The highest BCUT2D eigenvalue weighted by Gasteiger charge is 2.38. The molecule has 3 atom stereocenters. The third-order valence-electron chi connectivity index (χ3n) is 3.40. The van der Waals surface area contributed by atoms with Gasteiger partial charge in [-0.2, -0.15) is 0 Å². The Hall–Kier alpha value is -0.630. The Balaban J connectivity index is 2.85. The number of amides is 2. The molecule has 20 heavy (non-hydrogen) atoms. The summed E-state index contributed by atoms with van der Waals surface area (Å²) >= 11 is 2.22. The maximum absolute atomic E-state index is 12.7. The van der Waals surface area contributed by atoms with Crippen molar-refractivity contribution in [3.05, 3.63) is 12.2 Å². The van der Waals surface area contributed by atoms with Gasteiger partial charge in [-0.1, -0.05) is 55.5 Å². The SMILES string of the molecule is CN[C@@H](C)C(=O)NC(C(=O)N1CC=C[C@H]1I)C(C)(C)C. The monoisotopic (exact) mass is 393 g/mol. The summed E-state index contributed by atoms with van der Waals surface area (Å²) in [5, 5.41) is 5.77. The predicted molar refractivity (Wildman–Crippen MR) is 88.6 cm³/mol. The molecule has 1 heterocycles. The quantitative estimate of drug-likeness (QED) is 0.328. The number of nitrogens with one attached hydrogen (secondary N) is 2. The lowest BCUT2D eigenvalue weighted by Gasteiger charge is -2.35. The highest BCUT2D eigenvalue weighted by Crippen LogP contribution is 2.25. The second-order valence-electron chi connectivity index (χ2n) is 6.11. The van der Waals surface area contributed by atoms with E-state index in [4.69, 9.17) is 0 Å². The Morgan fingerprint density at radius 1 is 1.40 bits per heavy atom. The first-order valence-corrected chi connectivity index (χ1v) is 8.02. The lowest BCUT2D eigenvalue weighted by molar-refractivity contribution is -0.139. The number of hydrogen-bond acceptors (Lipinski definition) is 3. The molecule has 0 fully saturated rings. The Labute approximate surface area is 134 Å². The zero-order valence-corrected chi connectivity index (χ0v) is 14.9. The van der Waals surface area contributed by atoms with Gasteiger partial charge in [-0.3, -0.25) is 9.59 Å². The number of hydrogen-bond donors (Lipinski definition) is 2. The highest BCUT2D eigenvalue weighted by molar-refractivity contribution is 14.1. The van der Waals surface area contributed by atoms with Crippen molar-refractivity contribution >= 4 is 34.4 Å². The number of likely N-dealkylation sites (N-methyl/N-ethyl adjacent to an activating group) is 1. The summed E-state index contributed by atoms with van der Waals surface area (Å²) in [7, 11) is 1.73. The normalized spacial score (nSPS) is 21.7. The second kappa shape index (κ2) is 6.89. The molecule has 1 unspecified atom stereocenters. The van der Waals surface area contributed by atoms with Crippen LogP contribution in [0.4, 0.5) is 0 Å². The first-order valence-electron chi connectivity index (χ1n) is 6.77. The Kier molecular flexibility index (Phi) is 6.00. The largest absolute Gasteiger partial charge is 0.342 e. The maximum atomic E-state index is 12.7. The predicted octanol–water partition coefficient (Wildman–Crippen LogP) is 1.28. The van der Waals surface area contributed by atoms with Gasteiger partial charge in [0.25, 0.3) is 0 Å². The van der Waals surface area contributed by atoms with Crippen LogP contribution < -0.4 is 10.6 Å². The Morgan fingerprint density at radius 3 is 2.40 bits per heavy atom. The number of alkyl halides is 1. The number of halogens is 1. The average Bonchev–Trinajstić information content (AvgIpc) is 2.78. The van der Waals surface area contributed by atoms with Crippen molar-refractivity contribution in [2.45, 2.75) is 43.8 Å². The highest BCUT2D eigenvalue weighted by atomic mass is 127. The van der Waals surface area contributed by atoms with Crippen LogP contribution >= 0.6 is 22.6 Å². The van der Waals surface area contributed by atoms with Crippen molar-refractivity contribution in [3.8, 4) is 0 Å². The molecule has 0 saturated heterocycles. The second-order valence-corrected chi connectivity index (χ2v) is 7.39. The number of carbonyl (C=O) groups excluding carboxylic acids is 2. The molecule has 1 aliphatic heterocycles. The molecule has 5 nitrogen and oxygen atoms in total. The average molecular weight is 393 g/mol. The first kappa shape index (κ1) is 17.4. The molecule has 0 aromatic carbocycles. The zero-order valence-electron chi connectivity index (χ0n) is 12.7. The van der Waals surface area contributed by atoms with Crippen LogP contribution in [0.2, 0.25) is 0 Å². The molecule has 0 bridgehead atoms. The number of rotatable bonds is 4.